The van der Waals surface area contributed by atoms with Gasteiger partial charge in [-0.05, 0) is 152 Å². The Labute approximate surface area is 382 Å². The lowest BCUT2D eigenvalue weighted by molar-refractivity contribution is -0.433. The lowest BCUT2D eigenvalue weighted by atomic mass is 9.86. The van der Waals surface area contributed by atoms with Crippen LogP contribution in [0.2, 0.25) is 0 Å². The number of hydrogen-bond acceptors (Lipinski definition) is 9. The lowest BCUT2D eigenvalue weighted by Crippen LogP contribution is -2.22. The summed E-state index contributed by atoms with van der Waals surface area (Å²) in [6, 6.07) is 31.9. The zero-order chi connectivity index (χ0) is 47.1. The molecule has 2 N–H and O–H groups in total. The van der Waals surface area contributed by atoms with Crippen LogP contribution in [-0.2, 0) is 43.5 Å². The van der Waals surface area contributed by atoms with E-state index in [1.165, 1.54) is 24.3 Å². The molecule has 0 saturated heterocycles. The minimum Gasteiger partial charge on any atom is -0.494 e. The number of benzene rings is 5. The van der Waals surface area contributed by atoms with Crippen LogP contribution < -0.4 is 14.5 Å². The van der Waals surface area contributed by atoms with Crippen molar-refractivity contribution >= 4 is 58.8 Å². The highest BCUT2D eigenvalue weighted by Crippen LogP contribution is 2.37. The minimum absolute atomic E-state index is 0.133. The number of allylic oxidation sites excluding steroid dienone is 5. The number of ether oxygens (including phenoxy) is 1. The van der Waals surface area contributed by atoms with Gasteiger partial charge in [-0.3, -0.25) is 9.11 Å². The molecule has 5 aromatic carbocycles. The fraction of sp³-hybridized carbons (Fsp3) is 0.245. The van der Waals surface area contributed by atoms with Gasteiger partial charge in [-0.1, -0.05) is 36.4 Å². The van der Waals surface area contributed by atoms with Gasteiger partial charge in [0.2, 0.25) is 11.4 Å². The van der Waals surface area contributed by atoms with Crippen molar-refractivity contribution in [3.63, 3.8) is 0 Å². The minimum atomic E-state index is -4.78. The van der Waals surface area contributed by atoms with Crippen LogP contribution in [0.1, 0.15) is 54.2 Å². The molecule has 0 saturated carbocycles. The summed E-state index contributed by atoms with van der Waals surface area (Å²) in [6.45, 7) is 12.3. The first kappa shape index (κ1) is 48.5. The standard InChI is InChI=1S/C49H52FN3O9S3/c1-6-51(33-37-11-9-13-45(31-37)64(56,57)58)42-21-25-47(35(4)29-42)49(48-26-22-43(30-36(48)5)52(7-2)34-38-12-10-14-46(32-38)65(59,60)61)39-15-17-40(18-16-39)53(27-28-63(50,54)55)41-19-23-44(24-20-41)62-8-3/h9-26,29-32H,6-8,27-28,33-34H2,1-5H3,(H-,56,57,58,59,60,61)/p+1. The molecule has 0 spiro atoms. The highest BCUT2D eigenvalue weighted by Gasteiger charge is 2.23. The molecule has 342 valence electrons. The van der Waals surface area contributed by atoms with Gasteiger partial charge in [-0.2, -0.15) is 29.8 Å². The number of halogens is 1. The van der Waals surface area contributed by atoms with E-state index in [0.717, 1.165) is 44.8 Å². The van der Waals surface area contributed by atoms with Gasteiger partial charge in [0, 0.05) is 61.8 Å². The molecule has 6 rings (SSSR count). The second-order valence-electron chi connectivity index (χ2n) is 15.5. The quantitative estimate of drug-likeness (QED) is 0.0490. The smallest absolute Gasteiger partial charge is 0.308 e. The summed E-state index contributed by atoms with van der Waals surface area (Å²) in [5.74, 6) is -0.0636. The van der Waals surface area contributed by atoms with Crippen molar-refractivity contribution in [1.82, 2.24) is 0 Å². The summed E-state index contributed by atoms with van der Waals surface area (Å²) in [7, 11) is -13.5. The topological polar surface area (TPSA) is 162 Å². The molecule has 1 aliphatic rings. The van der Waals surface area contributed by atoms with Crippen LogP contribution >= 0.6 is 0 Å². The maximum atomic E-state index is 14.0. The molecule has 0 aliphatic heterocycles. The SMILES string of the molecule is CCOc1ccc([N+](CCS(=O)(=O)F)=C2C=CC(=C(c3ccc(N(CC)Cc4cccc(S(=O)(=O)O)c4)cc3C)c3ccc(N(CC)Cc4cccc(S(=O)(=O)O)c4)cc3C)C=C2)cc1. The maximum Gasteiger partial charge on any atom is 0.308 e. The number of rotatable bonds is 18. The van der Waals surface area contributed by atoms with E-state index in [2.05, 4.69) is 34.1 Å². The lowest BCUT2D eigenvalue weighted by Gasteiger charge is -2.26. The van der Waals surface area contributed by atoms with E-state index in [9.17, 15) is 38.2 Å². The number of nitrogens with zero attached hydrogens (tertiary/aromatic N) is 3. The first-order chi connectivity index (χ1) is 30.8. The average Bonchev–Trinajstić information content (AvgIpc) is 3.26. The Morgan fingerprint density at radius 1 is 0.631 bits per heavy atom. The summed E-state index contributed by atoms with van der Waals surface area (Å²) in [6.07, 6.45) is 7.67. The summed E-state index contributed by atoms with van der Waals surface area (Å²) in [5.41, 5.74) is 10.1. The molecule has 12 nitrogen and oxygen atoms in total. The van der Waals surface area contributed by atoms with Crippen LogP contribution in [0.3, 0.4) is 0 Å². The molecule has 0 unspecified atom stereocenters. The highest BCUT2D eigenvalue weighted by atomic mass is 32.3. The Balaban J connectivity index is 1.44. The van der Waals surface area contributed by atoms with Gasteiger partial charge in [0.1, 0.15) is 11.5 Å². The zero-order valence-electron chi connectivity index (χ0n) is 36.8. The van der Waals surface area contributed by atoms with Crippen molar-refractivity contribution < 1.29 is 47.6 Å². The molecule has 16 heteroatoms. The number of anilines is 2. The third kappa shape index (κ3) is 12.5. The monoisotopic (exact) mass is 942 g/mol. The molecule has 5 aromatic rings. The normalized spacial score (nSPS) is 12.9. The zero-order valence-corrected chi connectivity index (χ0v) is 39.3. The highest BCUT2D eigenvalue weighted by molar-refractivity contribution is 7.86. The van der Waals surface area contributed by atoms with E-state index in [0.29, 0.717) is 61.1 Å². The molecule has 65 heavy (non-hydrogen) atoms. The van der Waals surface area contributed by atoms with Crippen LogP contribution in [0.15, 0.2) is 149 Å². The Hall–Kier alpha value is -5.91. The maximum absolute atomic E-state index is 14.0. The van der Waals surface area contributed by atoms with Gasteiger partial charge < -0.3 is 14.5 Å². The van der Waals surface area contributed by atoms with Gasteiger partial charge in [0.05, 0.1) is 16.4 Å². The van der Waals surface area contributed by atoms with E-state index >= 15 is 0 Å². The van der Waals surface area contributed by atoms with E-state index in [4.69, 9.17) is 4.74 Å². The fourth-order valence-electron chi connectivity index (χ4n) is 7.83. The largest absolute Gasteiger partial charge is 0.494 e. The van der Waals surface area contributed by atoms with Crippen LogP contribution in [0.4, 0.5) is 20.9 Å². The molecule has 0 amide bonds. The molecule has 0 bridgehead atoms. The van der Waals surface area contributed by atoms with Gasteiger partial charge in [0.25, 0.3) is 20.2 Å². The van der Waals surface area contributed by atoms with Crippen molar-refractivity contribution in [2.24, 2.45) is 0 Å². The molecular formula is C49H53FN3O9S3+. The number of aryl methyl sites for hydroxylation is 2. The van der Waals surface area contributed by atoms with Gasteiger partial charge in [-0.25, -0.2) is 0 Å². The van der Waals surface area contributed by atoms with Crippen LogP contribution in [0.25, 0.3) is 5.57 Å². The van der Waals surface area contributed by atoms with Gasteiger partial charge >= 0.3 is 10.2 Å². The summed E-state index contributed by atoms with van der Waals surface area (Å²) < 4.78 is 112. The first-order valence-corrected chi connectivity index (χ1v) is 25.5. The Morgan fingerprint density at radius 2 is 1.11 bits per heavy atom. The Morgan fingerprint density at radius 3 is 1.51 bits per heavy atom. The predicted molar refractivity (Wildman–Crippen MR) is 255 cm³/mol. The van der Waals surface area contributed by atoms with Crippen LogP contribution in [-0.4, -0.2) is 76.6 Å². The molecule has 0 radical (unpaired) electrons. The summed E-state index contributed by atoms with van der Waals surface area (Å²) in [4.78, 5) is 3.86. The Bertz CT molecular complexity index is 2880. The number of hydrogen-bond donors (Lipinski definition) is 2. The molecule has 0 heterocycles. The summed E-state index contributed by atoms with van der Waals surface area (Å²) >= 11 is 0. The summed E-state index contributed by atoms with van der Waals surface area (Å²) in [5, 5.41) is 0. The van der Waals surface area contributed by atoms with Gasteiger partial charge in [0.15, 0.2) is 6.54 Å². The predicted octanol–water partition coefficient (Wildman–Crippen LogP) is 9.26. The second-order valence-corrected chi connectivity index (χ2v) is 19.8. The van der Waals surface area contributed by atoms with Crippen molar-refractivity contribution in [2.45, 2.75) is 57.5 Å². The van der Waals surface area contributed by atoms with E-state index in [-0.39, 0.29) is 16.3 Å². The van der Waals surface area contributed by atoms with E-state index < -0.39 is 36.2 Å². The average molecular weight is 943 g/mol. The molecule has 0 atom stereocenters. The van der Waals surface area contributed by atoms with Crippen LogP contribution in [0.5, 0.6) is 5.75 Å². The molecule has 0 fully saturated rings. The van der Waals surface area contributed by atoms with E-state index in [1.807, 2.05) is 83.2 Å². The fourth-order valence-corrected chi connectivity index (χ4v) is 9.33. The molecular weight excluding hydrogens is 890 g/mol. The van der Waals surface area contributed by atoms with E-state index in [1.54, 1.807) is 41.0 Å². The van der Waals surface area contributed by atoms with Gasteiger partial charge in [-0.15, -0.1) is 3.89 Å². The van der Waals surface area contributed by atoms with Crippen molar-refractivity contribution in [3.8, 4) is 5.75 Å². The molecule has 0 aromatic heterocycles. The third-order valence-corrected chi connectivity index (χ3v) is 13.4. The molecule has 1 aliphatic carbocycles. The Kier molecular flexibility index (Phi) is 15.3. The van der Waals surface area contributed by atoms with Crippen molar-refractivity contribution in [3.05, 3.63) is 172 Å². The second kappa shape index (κ2) is 20.5. The first-order valence-electron chi connectivity index (χ1n) is 21.0. The van der Waals surface area contributed by atoms with Crippen molar-refractivity contribution in [2.75, 3.05) is 41.8 Å². The third-order valence-electron chi connectivity index (χ3n) is 11.1. The van der Waals surface area contributed by atoms with Crippen LogP contribution in [0, 0.1) is 13.8 Å². The van der Waals surface area contributed by atoms with Crippen molar-refractivity contribution in [1.29, 1.82) is 0 Å².